The van der Waals surface area contributed by atoms with Crippen molar-refractivity contribution in [3.8, 4) is 0 Å². The molecule has 1 aliphatic rings. The SMILES string of the molecule is CNC(C)C1(F)CN(C(=O)OC(C)(C)C)C1. The maximum Gasteiger partial charge on any atom is 0.410 e. The minimum atomic E-state index is -1.33. The van der Waals surface area contributed by atoms with Crippen molar-refractivity contribution in [1.82, 2.24) is 10.2 Å². The van der Waals surface area contributed by atoms with E-state index in [9.17, 15) is 9.18 Å². The Morgan fingerprint density at radius 3 is 2.38 bits per heavy atom. The second kappa shape index (κ2) is 4.20. The van der Waals surface area contributed by atoms with Crippen molar-refractivity contribution in [2.24, 2.45) is 0 Å². The lowest BCUT2D eigenvalue weighted by Gasteiger charge is -2.47. The lowest BCUT2D eigenvalue weighted by molar-refractivity contribution is -0.0637. The van der Waals surface area contributed by atoms with Gasteiger partial charge in [-0.05, 0) is 34.7 Å². The van der Waals surface area contributed by atoms with Gasteiger partial charge in [-0.1, -0.05) is 0 Å². The smallest absolute Gasteiger partial charge is 0.410 e. The molecule has 1 fully saturated rings. The number of nitrogens with one attached hydrogen (secondary N) is 1. The Morgan fingerprint density at radius 2 is 2.00 bits per heavy atom. The van der Waals surface area contributed by atoms with Crippen molar-refractivity contribution in [1.29, 1.82) is 0 Å². The van der Waals surface area contributed by atoms with Crippen LogP contribution in [0.15, 0.2) is 0 Å². The number of nitrogens with zero attached hydrogens (tertiary/aromatic N) is 1. The zero-order chi connectivity index (χ0) is 12.6. The Bertz CT molecular complexity index is 270. The van der Waals surface area contributed by atoms with E-state index in [0.29, 0.717) is 0 Å². The van der Waals surface area contributed by atoms with Crippen LogP contribution in [0.1, 0.15) is 27.7 Å². The Balaban J connectivity index is 2.44. The van der Waals surface area contributed by atoms with E-state index in [2.05, 4.69) is 5.32 Å². The van der Waals surface area contributed by atoms with E-state index in [4.69, 9.17) is 4.74 Å². The molecule has 1 unspecified atom stereocenters. The topological polar surface area (TPSA) is 41.6 Å². The highest BCUT2D eigenvalue weighted by molar-refractivity contribution is 5.69. The molecule has 0 radical (unpaired) electrons. The van der Waals surface area contributed by atoms with Gasteiger partial charge >= 0.3 is 6.09 Å². The molecule has 4 nitrogen and oxygen atoms in total. The van der Waals surface area contributed by atoms with E-state index >= 15 is 0 Å². The van der Waals surface area contributed by atoms with Gasteiger partial charge in [0.25, 0.3) is 0 Å². The number of ether oxygens (including phenoxy) is 1. The fraction of sp³-hybridized carbons (Fsp3) is 0.909. The zero-order valence-corrected chi connectivity index (χ0v) is 10.6. The van der Waals surface area contributed by atoms with Crippen LogP contribution in [-0.2, 0) is 4.74 Å². The summed E-state index contributed by atoms with van der Waals surface area (Å²) in [5, 5.41) is 2.86. The summed E-state index contributed by atoms with van der Waals surface area (Å²) in [6.07, 6.45) is -0.441. The van der Waals surface area contributed by atoms with Crippen molar-refractivity contribution in [3.63, 3.8) is 0 Å². The Hall–Kier alpha value is -0.840. The van der Waals surface area contributed by atoms with Crippen LogP contribution in [0.25, 0.3) is 0 Å². The number of hydrogen-bond acceptors (Lipinski definition) is 3. The fourth-order valence-corrected chi connectivity index (χ4v) is 1.58. The molecule has 1 rings (SSSR count). The first-order valence-corrected chi connectivity index (χ1v) is 5.52. The third kappa shape index (κ3) is 2.84. The van der Waals surface area contributed by atoms with Crippen LogP contribution >= 0.6 is 0 Å². The first-order chi connectivity index (χ1) is 7.18. The molecular formula is C11H21FN2O2. The number of amides is 1. The highest BCUT2D eigenvalue weighted by Crippen LogP contribution is 2.30. The number of halogens is 1. The van der Waals surface area contributed by atoms with E-state index in [0.717, 1.165) is 0 Å². The average Bonchev–Trinajstić information content (AvgIpc) is 2.08. The van der Waals surface area contributed by atoms with E-state index in [1.165, 1.54) is 4.90 Å². The Labute approximate surface area is 96.1 Å². The molecule has 0 aromatic carbocycles. The van der Waals surface area contributed by atoms with Gasteiger partial charge in [-0.3, -0.25) is 0 Å². The molecule has 16 heavy (non-hydrogen) atoms. The second-order valence-electron chi connectivity index (χ2n) is 5.38. The summed E-state index contributed by atoms with van der Waals surface area (Å²) < 4.78 is 19.2. The maximum absolute atomic E-state index is 14.0. The lowest BCUT2D eigenvalue weighted by Crippen LogP contribution is -2.68. The standard InChI is InChI=1S/C11H21FN2O2/c1-8(13-5)11(12)6-14(7-11)9(15)16-10(2,3)4/h8,13H,6-7H2,1-5H3. The van der Waals surface area contributed by atoms with E-state index in [-0.39, 0.29) is 19.1 Å². The van der Waals surface area contributed by atoms with Crippen molar-refractivity contribution in [2.75, 3.05) is 20.1 Å². The van der Waals surface area contributed by atoms with Crippen LogP contribution in [0.3, 0.4) is 0 Å². The first-order valence-electron chi connectivity index (χ1n) is 5.52. The number of hydrogen-bond donors (Lipinski definition) is 1. The van der Waals surface area contributed by atoms with Crippen molar-refractivity contribution in [3.05, 3.63) is 0 Å². The number of rotatable bonds is 2. The number of carbonyl (C=O) groups excluding carboxylic acids is 1. The third-order valence-electron chi connectivity index (χ3n) is 2.77. The summed E-state index contributed by atoms with van der Waals surface area (Å²) in [6.45, 7) is 7.36. The van der Waals surface area contributed by atoms with Crippen molar-refractivity contribution in [2.45, 2.75) is 45.0 Å². The van der Waals surface area contributed by atoms with Crippen LogP contribution in [-0.4, -0.2) is 48.4 Å². The number of alkyl halides is 1. The molecule has 1 amide bonds. The summed E-state index contributed by atoms with van der Waals surface area (Å²) in [6, 6.07) is -0.258. The summed E-state index contributed by atoms with van der Waals surface area (Å²) in [5.41, 5.74) is -1.86. The van der Waals surface area contributed by atoms with Gasteiger partial charge in [0, 0.05) is 6.04 Å². The van der Waals surface area contributed by atoms with Crippen molar-refractivity contribution < 1.29 is 13.9 Å². The molecule has 5 heteroatoms. The van der Waals surface area contributed by atoms with Gasteiger partial charge in [-0.2, -0.15) is 0 Å². The largest absolute Gasteiger partial charge is 0.444 e. The highest BCUT2D eigenvalue weighted by atomic mass is 19.1. The molecule has 0 aliphatic carbocycles. The average molecular weight is 232 g/mol. The van der Waals surface area contributed by atoms with Gasteiger partial charge < -0.3 is 15.0 Å². The molecule has 0 aromatic rings. The minimum absolute atomic E-state index is 0.101. The van der Waals surface area contributed by atoms with Gasteiger partial charge in [0.05, 0.1) is 13.1 Å². The van der Waals surface area contributed by atoms with E-state index in [1.807, 2.05) is 0 Å². The molecule has 1 saturated heterocycles. The fourth-order valence-electron chi connectivity index (χ4n) is 1.58. The molecular weight excluding hydrogens is 211 g/mol. The first kappa shape index (κ1) is 13.2. The van der Waals surface area contributed by atoms with E-state index in [1.54, 1.807) is 34.7 Å². The van der Waals surface area contributed by atoms with E-state index < -0.39 is 17.4 Å². The van der Waals surface area contributed by atoms with Gasteiger partial charge in [-0.15, -0.1) is 0 Å². The molecule has 94 valence electrons. The second-order valence-corrected chi connectivity index (χ2v) is 5.38. The summed E-state index contributed by atoms with van der Waals surface area (Å²) >= 11 is 0. The normalized spacial score (nSPS) is 21.2. The molecule has 0 bridgehead atoms. The quantitative estimate of drug-likeness (QED) is 0.785. The lowest BCUT2D eigenvalue weighted by atomic mass is 9.89. The molecule has 0 spiro atoms. The van der Waals surface area contributed by atoms with Gasteiger partial charge in [0.15, 0.2) is 5.67 Å². The molecule has 1 N–H and O–H groups in total. The number of likely N-dealkylation sites (tertiary alicyclic amines) is 1. The molecule has 0 aromatic heterocycles. The Kier molecular flexibility index (Phi) is 3.47. The summed E-state index contributed by atoms with van der Waals surface area (Å²) in [4.78, 5) is 12.9. The predicted octanol–water partition coefficient (Wildman–Crippen LogP) is 1.55. The van der Waals surface area contributed by atoms with Gasteiger partial charge in [0.2, 0.25) is 0 Å². The highest BCUT2D eigenvalue weighted by Gasteiger charge is 2.50. The van der Waals surface area contributed by atoms with Crippen LogP contribution in [0.5, 0.6) is 0 Å². The van der Waals surface area contributed by atoms with Crippen LogP contribution < -0.4 is 5.32 Å². The summed E-state index contributed by atoms with van der Waals surface area (Å²) in [7, 11) is 1.71. The predicted molar refractivity (Wildman–Crippen MR) is 60.2 cm³/mol. The maximum atomic E-state index is 14.0. The Morgan fingerprint density at radius 1 is 1.50 bits per heavy atom. The van der Waals surface area contributed by atoms with Gasteiger partial charge in [-0.25, -0.2) is 9.18 Å². The molecule has 0 saturated carbocycles. The zero-order valence-electron chi connectivity index (χ0n) is 10.6. The molecule has 1 heterocycles. The molecule has 1 aliphatic heterocycles. The summed E-state index contributed by atoms with van der Waals surface area (Å²) in [5.74, 6) is 0. The third-order valence-corrected chi connectivity index (χ3v) is 2.77. The monoisotopic (exact) mass is 232 g/mol. The van der Waals surface area contributed by atoms with Crippen LogP contribution in [0.4, 0.5) is 9.18 Å². The number of carbonyl (C=O) groups is 1. The van der Waals surface area contributed by atoms with Crippen LogP contribution in [0, 0.1) is 0 Å². The van der Waals surface area contributed by atoms with Crippen LogP contribution in [0.2, 0.25) is 0 Å². The minimum Gasteiger partial charge on any atom is -0.444 e. The molecule has 1 atom stereocenters. The van der Waals surface area contributed by atoms with Gasteiger partial charge in [0.1, 0.15) is 5.60 Å². The van der Waals surface area contributed by atoms with Crippen molar-refractivity contribution >= 4 is 6.09 Å².